The molecular formula is C18H19NO2. The number of anilines is 1. The number of nitrogens with one attached hydrogen (secondary N) is 1. The molecule has 0 spiro atoms. The van der Waals surface area contributed by atoms with Gasteiger partial charge in [-0.05, 0) is 18.6 Å². The fourth-order valence-corrected chi connectivity index (χ4v) is 2.93. The number of carbonyl (C=O) groups excluding carboxylic acids is 1. The summed E-state index contributed by atoms with van der Waals surface area (Å²) in [4.78, 5) is 12.0. The number of Topliss-reactive ketones (excluding diaryl/α,β-unsaturated/α-hetero) is 1. The number of hydrogen-bond donors (Lipinski definition) is 1. The molecule has 1 atom stereocenters. The summed E-state index contributed by atoms with van der Waals surface area (Å²) >= 11 is 0. The molecule has 1 heterocycles. The Morgan fingerprint density at radius 3 is 2.67 bits per heavy atom. The first kappa shape index (κ1) is 13.7. The number of hydrogen-bond acceptors (Lipinski definition) is 3. The van der Waals surface area contributed by atoms with E-state index in [-0.39, 0.29) is 11.8 Å². The van der Waals surface area contributed by atoms with Gasteiger partial charge in [0.15, 0.2) is 0 Å². The van der Waals surface area contributed by atoms with Crippen LogP contribution in [0.3, 0.4) is 0 Å². The van der Waals surface area contributed by atoms with E-state index in [0.717, 1.165) is 28.1 Å². The van der Waals surface area contributed by atoms with Crippen molar-refractivity contribution in [2.45, 2.75) is 25.8 Å². The zero-order chi connectivity index (χ0) is 14.8. The van der Waals surface area contributed by atoms with Gasteiger partial charge in [-0.3, -0.25) is 4.79 Å². The molecule has 108 valence electrons. The zero-order valence-corrected chi connectivity index (χ0v) is 12.3. The SMILES string of the molecule is COc1ccccc1-c1cccc2c1N[C@H](C)CC(=O)C2. The molecular weight excluding hydrogens is 262 g/mol. The second kappa shape index (κ2) is 5.60. The Morgan fingerprint density at radius 1 is 1.10 bits per heavy atom. The number of ether oxygens (including phenoxy) is 1. The Hall–Kier alpha value is -2.29. The van der Waals surface area contributed by atoms with E-state index in [9.17, 15) is 4.79 Å². The molecule has 3 heteroatoms. The molecule has 1 aliphatic heterocycles. The fourth-order valence-electron chi connectivity index (χ4n) is 2.93. The Kier molecular flexibility index (Phi) is 3.65. The van der Waals surface area contributed by atoms with Gasteiger partial charge in [0.25, 0.3) is 0 Å². The van der Waals surface area contributed by atoms with E-state index < -0.39 is 0 Å². The molecule has 0 bridgehead atoms. The highest BCUT2D eigenvalue weighted by Crippen LogP contribution is 2.38. The summed E-state index contributed by atoms with van der Waals surface area (Å²) in [5.74, 6) is 1.13. The highest BCUT2D eigenvalue weighted by Gasteiger charge is 2.21. The molecule has 1 aliphatic rings. The molecule has 21 heavy (non-hydrogen) atoms. The second-order valence-corrected chi connectivity index (χ2v) is 5.50. The van der Waals surface area contributed by atoms with Crippen molar-refractivity contribution in [3.63, 3.8) is 0 Å². The molecule has 0 amide bonds. The van der Waals surface area contributed by atoms with Crippen LogP contribution in [-0.4, -0.2) is 18.9 Å². The fraction of sp³-hybridized carbons (Fsp3) is 0.278. The van der Waals surface area contributed by atoms with Crippen molar-refractivity contribution in [1.82, 2.24) is 0 Å². The third kappa shape index (κ3) is 2.64. The number of para-hydroxylation sites is 2. The van der Waals surface area contributed by atoms with Crippen molar-refractivity contribution in [2.24, 2.45) is 0 Å². The van der Waals surface area contributed by atoms with E-state index in [1.165, 1.54) is 0 Å². The summed E-state index contributed by atoms with van der Waals surface area (Å²) in [6.07, 6.45) is 1.07. The van der Waals surface area contributed by atoms with Crippen molar-refractivity contribution in [3.8, 4) is 16.9 Å². The molecule has 0 unspecified atom stereocenters. The van der Waals surface area contributed by atoms with Crippen LogP contribution in [0.4, 0.5) is 5.69 Å². The molecule has 0 aliphatic carbocycles. The van der Waals surface area contributed by atoms with Gasteiger partial charge >= 0.3 is 0 Å². The predicted molar refractivity (Wildman–Crippen MR) is 84.8 cm³/mol. The van der Waals surface area contributed by atoms with Gasteiger partial charge < -0.3 is 10.1 Å². The van der Waals surface area contributed by atoms with Gasteiger partial charge in [-0.2, -0.15) is 0 Å². The molecule has 2 aromatic rings. The van der Waals surface area contributed by atoms with Crippen molar-refractivity contribution >= 4 is 11.5 Å². The average Bonchev–Trinajstić information content (AvgIpc) is 2.63. The third-order valence-corrected chi connectivity index (χ3v) is 3.86. The van der Waals surface area contributed by atoms with Crippen molar-refractivity contribution in [1.29, 1.82) is 0 Å². The van der Waals surface area contributed by atoms with Gasteiger partial charge in [-0.1, -0.05) is 36.4 Å². The van der Waals surface area contributed by atoms with Gasteiger partial charge in [0.2, 0.25) is 0 Å². The second-order valence-electron chi connectivity index (χ2n) is 5.50. The summed E-state index contributed by atoms with van der Waals surface area (Å²) in [5.41, 5.74) is 4.26. The molecule has 0 fully saturated rings. The van der Waals surface area contributed by atoms with Gasteiger partial charge in [-0.25, -0.2) is 0 Å². The highest BCUT2D eigenvalue weighted by molar-refractivity contribution is 5.90. The summed E-state index contributed by atoms with van der Waals surface area (Å²) in [5, 5.41) is 3.49. The molecule has 3 rings (SSSR count). The molecule has 0 radical (unpaired) electrons. The molecule has 0 aromatic heterocycles. The topological polar surface area (TPSA) is 38.3 Å². The lowest BCUT2D eigenvalue weighted by Crippen LogP contribution is -2.17. The summed E-state index contributed by atoms with van der Waals surface area (Å²) in [6.45, 7) is 2.05. The van der Waals surface area contributed by atoms with Crippen LogP contribution in [0, 0.1) is 0 Å². The van der Waals surface area contributed by atoms with Crippen LogP contribution < -0.4 is 10.1 Å². The normalized spacial score (nSPS) is 17.6. The number of rotatable bonds is 2. The molecule has 0 saturated heterocycles. The van der Waals surface area contributed by atoms with Crippen LogP contribution in [0.1, 0.15) is 18.9 Å². The summed E-state index contributed by atoms with van der Waals surface area (Å²) in [6, 6.07) is 14.2. The van der Waals surface area contributed by atoms with Gasteiger partial charge in [0.1, 0.15) is 11.5 Å². The number of carbonyl (C=O) groups is 1. The minimum atomic E-state index is 0.148. The third-order valence-electron chi connectivity index (χ3n) is 3.86. The maximum atomic E-state index is 12.0. The molecule has 1 N–H and O–H groups in total. The maximum absolute atomic E-state index is 12.0. The van der Waals surface area contributed by atoms with Crippen LogP contribution in [0.2, 0.25) is 0 Å². The van der Waals surface area contributed by atoms with Crippen LogP contribution >= 0.6 is 0 Å². The Morgan fingerprint density at radius 2 is 1.86 bits per heavy atom. The minimum absolute atomic E-state index is 0.148. The Bertz CT molecular complexity index is 679. The first-order valence-electron chi connectivity index (χ1n) is 7.22. The first-order chi connectivity index (χ1) is 10.2. The van der Waals surface area contributed by atoms with E-state index in [2.05, 4.69) is 11.4 Å². The lowest BCUT2D eigenvalue weighted by atomic mass is 9.97. The smallest absolute Gasteiger partial charge is 0.139 e. The van der Waals surface area contributed by atoms with E-state index in [1.807, 2.05) is 43.3 Å². The molecule has 2 aromatic carbocycles. The van der Waals surface area contributed by atoms with Crippen LogP contribution in [0.25, 0.3) is 11.1 Å². The van der Waals surface area contributed by atoms with Crippen LogP contribution in [0.5, 0.6) is 5.75 Å². The quantitative estimate of drug-likeness (QED) is 0.912. The monoisotopic (exact) mass is 281 g/mol. The lowest BCUT2D eigenvalue weighted by Gasteiger charge is -2.18. The van der Waals surface area contributed by atoms with Crippen LogP contribution in [0.15, 0.2) is 42.5 Å². The molecule has 3 nitrogen and oxygen atoms in total. The summed E-state index contributed by atoms with van der Waals surface area (Å²) < 4.78 is 5.48. The van der Waals surface area contributed by atoms with Crippen LogP contribution in [-0.2, 0) is 11.2 Å². The first-order valence-corrected chi connectivity index (χ1v) is 7.22. The Balaban J connectivity index is 2.17. The Labute approximate surface area is 124 Å². The van der Waals surface area contributed by atoms with Crippen molar-refractivity contribution < 1.29 is 9.53 Å². The van der Waals surface area contributed by atoms with Gasteiger partial charge in [0.05, 0.1) is 7.11 Å². The largest absolute Gasteiger partial charge is 0.496 e. The van der Waals surface area contributed by atoms with E-state index >= 15 is 0 Å². The average molecular weight is 281 g/mol. The van der Waals surface area contributed by atoms with Gasteiger partial charge in [0, 0.05) is 35.7 Å². The van der Waals surface area contributed by atoms with E-state index in [4.69, 9.17) is 4.74 Å². The summed E-state index contributed by atoms with van der Waals surface area (Å²) in [7, 11) is 1.68. The van der Waals surface area contributed by atoms with Gasteiger partial charge in [-0.15, -0.1) is 0 Å². The molecule has 0 saturated carbocycles. The number of methoxy groups -OCH3 is 1. The predicted octanol–water partition coefficient (Wildman–Crippen LogP) is 3.68. The minimum Gasteiger partial charge on any atom is -0.496 e. The van der Waals surface area contributed by atoms with Crippen molar-refractivity contribution in [3.05, 3.63) is 48.0 Å². The van der Waals surface area contributed by atoms with E-state index in [1.54, 1.807) is 7.11 Å². The number of benzene rings is 2. The lowest BCUT2D eigenvalue weighted by molar-refractivity contribution is -0.118. The standard InChI is InChI=1S/C18H19NO2/c1-12-10-14(20)11-13-6-5-8-16(18(13)19-12)15-7-3-4-9-17(15)21-2/h3-9,12,19H,10-11H2,1-2H3/t12-/m1/s1. The van der Waals surface area contributed by atoms with E-state index in [0.29, 0.717) is 12.8 Å². The maximum Gasteiger partial charge on any atom is 0.139 e. The zero-order valence-electron chi connectivity index (χ0n) is 12.3. The highest BCUT2D eigenvalue weighted by atomic mass is 16.5. The number of ketones is 1. The number of fused-ring (bicyclic) bond motifs is 1. The van der Waals surface area contributed by atoms with Crippen molar-refractivity contribution in [2.75, 3.05) is 12.4 Å².